The van der Waals surface area contributed by atoms with E-state index < -0.39 is 0 Å². The highest BCUT2D eigenvalue weighted by Crippen LogP contribution is 2.37. The molecule has 1 aromatic carbocycles. The number of nitrogens with zero attached hydrogens (tertiary/aromatic N) is 2. The summed E-state index contributed by atoms with van der Waals surface area (Å²) >= 11 is 9.32. The lowest BCUT2D eigenvalue weighted by molar-refractivity contribution is 0.101. The molecule has 106 valence electrons. The summed E-state index contributed by atoms with van der Waals surface area (Å²) in [4.78, 5) is 12.5. The van der Waals surface area contributed by atoms with E-state index in [1.165, 1.54) is 0 Å². The summed E-state index contributed by atoms with van der Waals surface area (Å²) in [6.45, 7) is 0. The van der Waals surface area contributed by atoms with E-state index in [0.717, 1.165) is 17.3 Å². The summed E-state index contributed by atoms with van der Waals surface area (Å²) in [7, 11) is 0. The quantitative estimate of drug-likeness (QED) is 0.879. The minimum Gasteiger partial charge on any atom is -0.339 e. The molecule has 0 spiro atoms. The van der Waals surface area contributed by atoms with Gasteiger partial charge in [-0.3, -0.25) is 4.79 Å². The number of carbonyl (C=O) groups excluding carboxylic acids is 1. The van der Waals surface area contributed by atoms with Gasteiger partial charge in [0.05, 0.1) is 11.3 Å². The van der Waals surface area contributed by atoms with Crippen LogP contribution in [0.5, 0.6) is 0 Å². The summed E-state index contributed by atoms with van der Waals surface area (Å²) < 4.78 is 2.84. The lowest BCUT2D eigenvalue weighted by Crippen LogP contribution is -2.17. The van der Waals surface area contributed by atoms with Crippen molar-refractivity contribution in [2.45, 2.75) is 18.9 Å². The van der Waals surface area contributed by atoms with Gasteiger partial charge in [-0.25, -0.2) is 0 Å². The molecule has 1 N–H and O–H groups in total. The summed E-state index contributed by atoms with van der Waals surface area (Å²) in [6.07, 6.45) is 4.08. The predicted octanol–water partition coefficient (Wildman–Crippen LogP) is 4.36. The Morgan fingerprint density at radius 3 is 2.86 bits per heavy atom. The molecule has 1 amide bonds. The Kier molecular flexibility index (Phi) is 3.75. The fraction of sp³-hybridized carbons (Fsp3) is 0.200. The van der Waals surface area contributed by atoms with Gasteiger partial charge in [-0.15, -0.1) is 0 Å². The molecule has 1 aliphatic carbocycles. The highest BCUT2D eigenvalue weighted by atomic mass is 79.9. The number of benzene rings is 1. The van der Waals surface area contributed by atoms with Crippen LogP contribution in [0, 0.1) is 11.3 Å². The van der Waals surface area contributed by atoms with Gasteiger partial charge in [-0.2, -0.15) is 5.26 Å². The molecule has 4 nitrogen and oxygen atoms in total. The third-order valence-corrected chi connectivity index (χ3v) is 4.01. The van der Waals surface area contributed by atoms with Crippen LogP contribution in [-0.4, -0.2) is 10.5 Å². The van der Waals surface area contributed by atoms with Gasteiger partial charge >= 0.3 is 0 Å². The molecule has 21 heavy (non-hydrogen) atoms. The standard InChI is InChI=1S/C15H11BrClN3O/c16-10-5-14(20(8-10)12-3-4-12)15(21)19-13-6-11(17)2-1-9(13)7-18/h1-2,5-6,8,12H,3-4H2,(H,19,21). The highest BCUT2D eigenvalue weighted by molar-refractivity contribution is 9.10. The van der Waals surface area contributed by atoms with Crippen LogP contribution >= 0.6 is 27.5 Å². The molecular weight excluding hydrogens is 354 g/mol. The molecule has 0 atom stereocenters. The molecule has 6 heteroatoms. The second kappa shape index (κ2) is 5.55. The van der Waals surface area contributed by atoms with Crippen molar-refractivity contribution >= 4 is 39.1 Å². The Labute approximate surface area is 135 Å². The molecule has 2 aromatic rings. The van der Waals surface area contributed by atoms with Gasteiger partial charge in [-0.05, 0) is 53.0 Å². The van der Waals surface area contributed by atoms with E-state index in [0.29, 0.717) is 28.0 Å². The van der Waals surface area contributed by atoms with Crippen molar-refractivity contribution < 1.29 is 4.79 Å². The number of nitriles is 1. The zero-order valence-corrected chi connectivity index (χ0v) is 13.3. The first-order chi connectivity index (χ1) is 10.1. The zero-order valence-electron chi connectivity index (χ0n) is 10.9. The molecule has 0 aliphatic heterocycles. The van der Waals surface area contributed by atoms with Gasteiger partial charge in [0.15, 0.2) is 0 Å². The number of anilines is 1. The molecule has 0 unspecified atom stereocenters. The SMILES string of the molecule is N#Cc1ccc(Cl)cc1NC(=O)c1cc(Br)cn1C1CC1. The molecule has 1 saturated carbocycles. The first kappa shape index (κ1) is 14.2. The van der Waals surface area contributed by atoms with Crippen molar-refractivity contribution in [1.29, 1.82) is 5.26 Å². The first-order valence-corrected chi connectivity index (χ1v) is 7.64. The van der Waals surface area contributed by atoms with Crippen LogP contribution < -0.4 is 5.32 Å². The van der Waals surface area contributed by atoms with Crippen LogP contribution in [0.3, 0.4) is 0 Å². The zero-order chi connectivity index (χ0) is 15.0. The maximum absolute atomic E-state index is 12.5. The normalized spacial score (nSPS) is 13.8. The monoisotopic (exact) mass is 363 g/mol. The van der Waals surface area contributed by atoms with Crippen molar-refractivity contribution in [2.24, 2.45) is 0 Å². The number of aromatic nitrogens is 1. The number of nitrogens with one attached hydrogen (secondary N) is 1. The minimum absolute atomic E-state index is 0.244. The maximum atomic E-state index is 12.5. The van der Waals surface area contributed by atoms with Crippen LogP contribution in [0.2, 0.25) is 5.02 Å². The third-order valence-electron chi connectivity index (χ3n) is 3.34. The van der Waals surface area contributed by atoms with E-state index in [2.05, 4.69) is 21.2 Å². The largest absolute Gasteiger partial charge is 0.339 e. The van der Waals surface area contributed by atoms with Crippen molar-refractivity contribution in [3.8, 4) is 6.07 Å². The second-order valence-electron chi connectivity index (χ2n) is 4.94. The van der Waals surface area contributed by atoms with Crippen molar-refractivity contribution in [3.63, 3.8) is 0 Å². The van der Waals surface area contributed by atoms with Gasteiger partial charge < -0.3 is 9.88 Å². The Morgan fingerprint density at radius 2 is 2.19 bits per heavy atom. The van der Waals surface area contributed by atoms with Gasteiger partial charge in [-0.1, -0.05) is 11.6 Å². The van der Waals surface area contributed by atoms with Crippen LogP contribution in [0.4, 0.5) is 5.69 Å². The minimum atomic E-state index is -0.244. The molecular formula is C15H11BrClN3O. The first-order valence-electron chi connectivity index (χ1n) is 6.47. The average Bonchev–Trinajstić information content (AvgIpc) is 3.21. The van der Waals surface area contributed by atoms with Gasteiger partial charge in [0.25, 0.3) is 5.91 Å². The van der Waals surface area contributed by atoms with E-state index in [1.54, 1.807) is 24.3 Å². The fourth-order valence-corrected chi connectivity index (χ4v) is 2.80. The van der Waals surface area contributed by atoms with Crippen LogP contribution in [-0.2, 0) is 0 Å². The van der Waals surface area contributed by atoms with E-state index in [1.807, 2.05) is 16.8 Å². The summed E-state index contributed by atoms with van der Waals surface area (Å²) in [5, 5.41) is 12.3. The predicted molar refractivity (Wildman–Crippen MR) is 84.5 cm³/mol. The number of rotatable bonds is 3. The number of carbonyl (C=O) groups is 1. The number of hydrogen-bond donors (Lipinski definition) is 1. The summed E-state index contributed by atoms with van der Waals surface area (Å²) in [5.74, 6) is -0.244. The van der Waals surface area contributed by atoms with Crippen LogP contribution in [0.1, 0.15) is 34.9 Å². The Bertz CT molecular complexity index is 759. The van der Waals surface area contributed by atoms with E-state index in [-0.39, 0.29) is 5.91 Å². The lowest BCUT2D eigenvalue weighted by Gasteiger charge is -2.10. The smallest absolute Gasteiger partial charge is 0.272 e. The van der Waals surface area contributed by atoms with E-state index in [4.69, 9.17) is 16.9 Å². The summed E-state index contributed by atoms with van der Waals surface area (Å²) in [6, 6.07) is 9.02. The summed E-state index contributed by atoms with van der Waals surface area (Å²) in [5.41, 5.74) is 1.39. The molecule has 1 aliphatic rings. The van der Waals surface area contributed by atoms with Gasteiger partial charge in [0.1, 0.15) is 11.8 Å². The number of amides is 1. The maximum Gasteiger partial charge on any atom is 0.272 e. The third kappa shape index (κ3) is 2.97. The molecule has 0 saturated heterocycles. The topological polar surface area (TPSA) is 57.8 Å². The molecule has 3 rings (SSSR count). The average molecular weight is 365 g/mol. The molecule has 0 radical (unpaired) electrons. The fourth-order valence-electron chi connectivity index (χ4n) is 2.19. The molecule has 1 aromatic heterocycles. The number of hydrogen-bond acceptors (Lipinski definition) is 2. The second-order valence-corrected chi connectivity index (χ2v) is 6.29. The Balaban J connectivity index is 1.90. The van der Waals surface area contributed by atoms with Crippen molar-refractivity contribution in [2.75, 3.05) is 5.32 Å². The lowest BCUT2D eigenvalue weighted by atomic mass is 10.2. The van der Waals surface area contributed by atoms with Crippen LogP contribution in [0.15, 0.2) is 34.9 Å². The van der Waals surface area contributed by atoms with Crippen molar-refractivity contribution in [3.05, 3.63) is 51.2 Å². The molecule has 0 bridgehead atoms. The van der Waals surface area contributed by atoms with Crippen molar-refractivity contribution in [1.82, 2.24) is 4.57 Å². The van der Waals surface area contributed by atoms with Crippen LogP contribution in [0.25, 0.3) is 0 Å². The Hall–Kier alpha value is -1.77. The van der Waals surface area contributed by atoms with Gasteiger partial charge in [0.2, 0.25) is 0 Å². The highest BCUT2D eigenvalue weighted by Gasteiger charge is 2.28. The Morgan fingerprint density at radius 1 is 1.43 bits per heavy atom. The van der Waals surface area contributed by atoms with Gasteiger partial charge in [0, 0.05) is 21.7 Å². The molecule has 1 heterocycles. The molecule has 1 fully saturated rings. The number of halogens is 2. The van der Waals surface area contributed by atoms with E-state index in [9.17, 15) is 4.79 Å². The van der Waals surface area contributed by atoms with E-state index >= 15 is 0 Å².